The molecule has 2 atom stereocenters. The lowest BCUT2D eigenvalue weighted by Crippen LogP contribution is -2.42. The smallest absolute Gasteiger partial charge is 0.0951 e. The number of hydrogen-bond acceptors (Lipinski definition) is 2. The van der Waals surface area contributed by atoms with Crippen LogP contribution in [0, 0.1) is 11.3 Å². The summed E-state index contributed by atoms with van der Waals surface area (Å²) in [4.78, 5) is 2.30. The van der Waals surface area contributed by atoms with Crippen LogP contribution in [0.5, 0.6) is 0 Å². The predicted molar refractivity (Wildman–Crippen MR) is 45.1 cm³/mol. The van der Waals surface area contributed by atoms with E-state index in [9.17, 15) is 0 Å². The maximum absolute atomic E-state index is 8.71. The molecule has 1 saturated heterocycles. The monoisotopic (exact) mass is 152 g/mol. The quantitative estimate of drug-likeness (QED) is 0.572. The Morgan fingerprint density at radius 2 is 2.27 bits per heavy atom. The molecule has 0 radical (unpaired) electrons. The molecule has 0 amide bonds. The number of hydrogen-bond donors (Lipinski definition) is 0. The van der Waals surface area contributed by atoms with E-state index in [0.717, 1.165) is 6.54 Å². The second-order valence-electron chi connectivity index (χ2n) is 3.39. The van der Waals surface area contributed by atoms with Gasteiger partial charge < -0.3 is 0 Å². The van der Waals surface area contributed by atoms with Crippen LogP contribution in [0.3, 0.4) is 0 Å². The first kappa shape index (κ1) is 8.55. The fourth-order valence-corrected chi connectivity index (χ4v) is 1.77. The number of nitriles is 1. The molecule has 0 spiro atoms. The van der Waals surface area contributed by atoms with E-state index in [4.69, 9.17) is 5.26 Å². The van der Waals surface area contributed by atoms with Crippen LogP contribution in [0.4, 0.5) is 0 Å². The molecule has 0 aromatic heterocycles. The zero-order valence-electron chi connectivity index (χ0n) is 7.38. The van der Waals surface area contributed by atoms with E-state index in [1.807, 2.05) is 6.92 Å². The van der Waals surface area contributed by atoms with Gasteiger partial charge in [0.05, 0.1) is 12.1 Å². The summed E-state index contributed by atoms with van der Waals surface area (Å²) in [5.41, 5.74) is 0. The Kier molecular flexibility index (Phi) is 2.90. The van der Waals surface area contributed by atoms with Crippen molar-refractivity contribution in [3.05, 3.63) is 0 Å². The average molecular weight is 152 g/mol. The van der Waals surface area contributed by atoms with Crippen LogP contribution in [-0.2, 0) is 0 Å². The molecule has 1 aliphatic heterocycles. The van der Waals surface area contributed by atoms with Gasteiger partial charge in [-0.05, 0) is 33.2 Å². The summed E-state index contributed by atoms with van der Waals surface area (Å²) in [6.45, 7) is 5.31. The van der Waals surface area contributed by atoms with Gasteiger partial charge in [-0.1, -0.05) is 6.42 Å². The number of likely N-dealkylation sites (tertiary alicyclic amines) is 1. The van der Waals surface area contributed by atoms with Gasteiger partial charge in [-0.2, -0.15) is 5.26 Å². The lowest BCUT2D eigenvalue weighted by molar-refractivity contribution is 0.140. The van der Waals surface area contributed by atoms with Crippen LogP contribution in [-0.4, -0.2) is 23.5 Å². The maximum atomic E-state index is 8.71. The second-order valence-corrected chi connectivity index (χ2v) is 3.39. The van der Waals surface area contributed by atoms with E-state index >= 15 is 0 Å². The minimum atomic E-state index is 0.102. The van der Waals surface area contributed by atoms with E-state index in [1.54, 1.807) is 0 Å². The highest BCUT2D eigenvalue weighted by Gasteiger charge is 2.22. The molecule has 1 aliphatic rings. The van der Waals surface area contributed by atoms with Crippen molar-refractivity contribution in [3.63, 3.8) is 0 Å². The SMILES string of the molecule is CC(C#N)N1CCCCC1C. The minimum Gasteiger partial charge on any atom is -0.286 e. The van der Waals surface area contributed by atoms with Crippen LogP contribution in [0.15, 0.2) is 0 Å². The highest BCUT2D eigenvalue weighted by molar-refractivity contribution is 4.91. The van der Waals surface area contributed by atoms with Gasteiger partial charge in [0.2, 0.25) is 0 Å². The standard InChI is InChI=1S/C9H16N2/c1-8-5-3-4-6-11(8)9(2)7-10/h8-9H,3-6H2,1-2H3. The van der Waals surface area contributed by atoms with Gasteiger partial charge in [0.1, 0.15) is 0 Å². The summed E-state index contributed by atoms with van der Waals surface area (Å²) in [5, 5.41) is 8.71. The molecule has 11 heavy (non-hydrogen) atoms. The van der Waals surface area contributed by atoms with Crippen LogP contribution in [0.25, 0.3) is 0 Å². The van der Waals surface area contributed by atoms with Crippen LogP contribution in [0.1, 0.15) is 33.1 Å². The van der Waals surface area contributed by atoms with Gasteiger partial charge in [0.25, 0.3) is 0 Å². The lowest BCUT2D eigenvalue weighted by Gasteiger charge is -2.34. The van der Waals surface area contributed by atoms with Crippen molar-refractivity contribution in [1.29, 1.82) is 5.26 Å². The van der Waals surface area contributed by atoms with Crippen molar-refractivity contribution >= 4 is 0 Å². The van der Waals surface area contributed by atoms with E-state index in [-0.39, 0.29) is 6.04 Å². The molecule has 0 aliphatic carbocycles. The van der Waals surface area contributed by atoms with Gasteiger partial charge in [0.15, 0.2) is 0 Å². The molecule has 2 unspecified atom stereocenters. The largest absolute Gasteiger partial charge is 0.286 e. The summed E-state index contributed by atoms with van der Waals surface area (Å²) >= 11 is 0. The van der Waals surface area contributed by atoms with Gasteiger partial charge >= 0.3 is 0 Å². The van der Waals surface area contributed by atoms with E-state index in [0.29, 0.717) is 6.04 Å². The predicted octanol–water partition coefficient (Wildman–Crippen LogP) is 1.77. The Morgan fingerprint density at radius 3 is 2.82 bits per heavy atom. The summed E-state index contributed by atoms with van der Waals surface area (Å²) in [6, 6.07) is 3.00. The highest BCUT2D eigenvalue weighted by atomic mass is 15.2. The van der Waals surface area contributed by atoms with Crippen LogP contribution in [0.2, 0.25) is 0 Å². The first-order valence-electron chi connectivity index (χ1n) is 4.41. The van der Waals surface area contributed by atoms with Crippen molar-refractivity contribution < 1.29 is 0 Å². The van der Waals surface area contributed by atoms with Crippen molar-refractivity contribution in [1.82, 2.24) is 4.90 Å². The molecule has 62 valence electrons. The molecule has 0 N–H and O–H groups in total. The molecule has 0 aromatic rings. The normalized spacial score (nSPS) is 29.4. The fraction of sp³-hybridized carbons (Fsp3) is 0.889. The molecule has 0 saturated carbocycles. The third-order valence-corrected chi connectivity index (χ3v) is 2.54. The number of piperidine rings is 1. The first-order valence-corrected chi connectivity index (χ1v) is 4.41. The van der Waals surface area contributed by atoms with Crippen molar-refractivity contribution in [2.24, 2.45) is 0 Å². The highest BCUT2D eigenvalue weighted by Crippen LogP contribution is 2.18. The molecule has 1 fully saturated rings. The molecule has 1 heterocycles. The zero-order chi connectivity index (χ0) is 8.27. The topological polar surface area (TPSA) is 27.0 Å². The average Bonchev–Trinajstić information content (AvgIpc) is 2.04. The Hall–Kier alpha value is -0.550. The van der Waals surface area contributed by atoms with E-state index < -0.39 is 0 Å². The molecule has 2 nitrogen and oxygen atoms in total. The Bertz CT molecular complexity index is 159. The van der Waals surface area contributed by atoms with Gasteiger partial charge in [-0.15, -0.1) is 0 Å². The molecule has 2 heteroatoms. The molecular weight excluding hydrogens is 136 g/mol. The molecule has 0 aromatic carbocycles. The molecule has 1 rings (SSSR count). The lowest BCUT2D eigenvalue weighted by atomic mass is 10.0. The molecule has 0 bridgehead atoms. The third-order valence-electron chi connectivity index (χ3n) is 2.54. The Balaban J connectivity index is 2.48. The van der Waals surface area contributed by atoms with Gasteiger partial charge in [-0.3, -0.25) is 4.90 Å². The van der Waals surface area contributed by atoms with Gasteiger partial charge in [0, 0.05) is 6.04 Å². The maximum Gasteiger partial charge on any atom is 0.0951 e. The van der Waals surface area contributed by atoms with Crippen molar-refractivity contribution in [3.8, 4) is 6.07 Å². The number of rotatable bonds is 1. The van der Waals surface area contributed by atoms with Crippen LogP contribution >= 0.6 is 0 Å². The second kappa shape index (κ2) is 3.73. The first-order chi connectivity index (χ1) is 5.25. The van der Waals surface area contributed by atoms with Crippen molar-refractivity contribution in [2.75, 3.05) is 6.54 Å². The summed E-state index contributed by atoms with van der Waals surface area (Å²) in [6.07, 6.45) is 3.85. The van der Waals surface area contributed by atoms with E-state index in [1.165, 1.54) is 19.3 Å². The van der Waals surface area contributed by atoms with Crippen LogP contribution < -0.4 is 0 Å². The van der Waals surface area contributed by atoms with Crippen molar-refractivity contribution in [2.45, 2.75) is 45.2 Å². The summed E-state index contributed by atoms with van der Waals surface area (Å²) in [5.74, 6) is 0. The third kappa shape index (κ3) is 1.94. The minimum absolute atomic E-state index is 0.102. The Labute approximate surface area is 68.8 Å². The number of nitrogens with zero attached hydrogens (tertiary/aromatic N) is 2. The van der Waals surface area contributed by atoms with Gasteiger partial charge in [-0.25, -0.2) is 0 Å². The molecular formula is C9H16N2. The fourth-order valence-electron chi connectivity index (χ4n) is 1.77. The zero-order valence-corrected chi connectivity index (χ0v) is 7.38. The summed E-state index contributed by atoms with van der Waals surface area (Å²) in [7, 11) is 0. The Morgan fingerprint density at radius 1 is 1.55 bits per heavy atom. The van der Waals surface area contributed by atoms with E-state index in [2.05, 4.69) is 17.9 Å². The summed E-state index contributed by atoms with van der Waals surface area (Å²) < 4.78 is 0.